The number of ether oxygens (including phenoxy) is 2. The van der Waals surface area contributed by atoms with Gasteiger partial charge in [-0.2, -0.15) is 0 Å². The van der Waals surface area contributed by atoms with Gasteiger partial charge in [0.25, 0.3) is 0 Å². The van der Waals surface area contributed by atoms with E-state index in [0.717, 1.165) is 24.0 Å². The molecule has 0 bridgehead atoms. The number of carbonyl (C=O) groups is 1. The summed E-state index contributed by atoms with van der Waals surface area (Å²) >= 11 is 6.04. The van der Waals surface area contributed by atoms with E-state index in [9.17, 15) is 4.79 Å². The maximum Gasteiger partial charge on any atom is 0.241 e. The highest BCUT2D eigenvalue weighted by Crippen LogP contribution is 2.33. The van der Waals surface area contributed by atoms with Crippen molar-refractivity contribution >= 4 is 17.5 Å². The summed E-state index contributed by atoms with van der Waals surface area (Å²) in [4.78, 5) is 12.8. The molecule has 0 radical (unpaired) electrons. The lowest BCUT2D eigenvalue weighted by atomic mass is 9.96. The second kappa shape index (κ2) is 11.6. The Kier molecular flexibility index (Phi) is 8.54. The number of halogens is 1. The predicted molar refractivity (Wildman–Crippen MR) is 128 cm³/mol. The van der Waals surface area contributed by atoms with Gasteiger partial charge < -0.3 is 14.8 Å². The highest BCUT2D eigenvalue weighted by Gasteiger charge is 2.24. The average Bonchev–Trinajstić information content (AvgIpc) is 2.85. The minimum atomic E-state index is -0.496. The average molecular weight is 453 g/mol. The second-order valence-corrected chi connectivity index (χ2v) is 7.89. The lowest BCUT2D eigenvalue weighted by molar-refractivity contribution is -0.123. The molecule has 2 N–H and O–H groups in total. The molecule has 1 amide bonds. The van der Waals surface area contributed by atoms with E-state index in [2.05, 4.69) is 10.6 Å². The third-order valence-corrected chi connectivity index (χ3v) is 5.71. The van der Waals surface area contributed by atoms with Crippen molar-refractivity contribution in [3.05, 3.63) is 94.5 Å². The summed E-state index contributed by atoms with van der Waals surface area (Å²) in [7, 11) is 4.89. The number of carbonyl (C=O) groups excluding carboxylic acids is 1. The number of benzene rings is 3. The van der Waals surface area contributed by atoms with Gasteiger partial charge in [0.1, 0.15) is 6.04 Å². The van der Waals surface area contributed by atoms with Crippen LogP contribution in [0.1, 0.15) is 35.2 Å². The number of hydrogen-bond donors (Lipinski definition) is 2. The second-order valence-electron chi connectivity index (χ2n) is 7.46. The zero-order valence-corrected chi connectivity index (χ0v) is 19.4. The quantitative estimate of drug-likeness (QED) is 0.449. The van der Waals surface area contributed by atoms with Crippen LogP contribution in [-0.2, 0) is 11.2 Å². The molecule has 0 heterocycles. The molecular weight excluding hydrogens is 424 g/mol. The summed E-state index contributed by atoms with van der Waals surface area (Å²) in [5, 5.41) is 7.07. The number of methoxy groups -OCH3 is 2. The van der Waals surface area contributed by atoms with E-state index < -0.39 is 6.04 Å². The third-order valence-electron chi connectivity index (χ3n) is 5.45. The molecule has 0 aliphatic heterocycles. The topological polar surface area (TPSA) is 59.6 Å². The van der Waals surface area contributed by atoms with Gasteiger partial charge in [-0.3, -0.25) is 10.1 Å². The van der Waals surface area contributed by atoms with Crippen LogP contribution in [0, 0.1) is 0 Å². The Bertz CT molecular complexity index is 1010. The van der Waals surface area contributed by atoms with Gasteiger partial charge in [0.05, 0.1) is 14.2 Å². The Labute approximate surface area is 194 Å². The summed E-state index contributed by atoms with van der Waals surface area (Å²) in [6, 6.07) is 22.8. The van der Waals surface area contributed by atoms with E-state index >= 15 is 0 Å². The van der Waals surface area contributed by atoms with Crippen molar-refractivity contribution in [3.8, 4) is 11.5 Å². The minimum absolute atomic E-state index is 0.0897. The van der Waals surface area contributed by atoms with Crippen molar-refractivity contribution in [3.63, 3.8) is 0 Å². The molecule has 0 spiro atoms. The zero-order valence-electron chi connectivity index (χ0n) is 18.6. The van der Waals surface area contributed by atoms with Crippen molar-refractivity contribution in [2.45, 2.75) is 24.9 Å². The van der Waals surface area contributed by atoms with Crippen LogP contribution in [0.15, 0.2) is 72.8 Å². The minimum Gasteiger partial charge on any atom is -0.493 e. The van der Waals surface area contributed by atoms with Gasteiger partial charge in [0, 0.05) is 18.1 Å². The van der Waals surface area contributed by atoms with Crippen molar-refractivity contribution in [1.82, 2.24) is 10.6 Å². The first kappa shape index (κ1) is 23.6. The normalized spacial score (nSPS) is 12.6. The summed E-state index contributed by atoms with van der Waals surface area (Å²) in [5.41, 5.74) is 3.10. The molecule has 3 aromatic carbocycles. The maximum absolute atomic E-state index is 12.8. The first-order chi connectivity index (χ1) is 15.5. The molecule has 2 atom stereocenters. The van der Waals surface area contributed by atoms with Crippen LogP contribution in [0.4, 0.5) is 0 Å². The molecule has 0 aliphatic rings. The van der Waals surface area contributed by atoms with E-state index in [1.54, 1.807) is 21.3 Å². The Balaban J connectivity index is 1.93. The molecule has 3 rings (SSSR count). The Morgan fingerprint density at radius 3 is 2.22 bits per heavy atom. The smallest absolute Gasteiger partial charge is 0.241 e. The molecule has 0 saturated heterocycles. The van der Waals surface area contributed by atoms with Gasteiger partial charge >= 0.3 is 0 Å². The SMILES string of the molecule is CNC(=O)[C@@H](NC(CCc1ccc(Cl)cc1)c1ccc(OC)c(OC)c1)c1ccccc1. The molecule has 0 aliphatic carbocycles. The Morgan fingerprint density at radius 1 is 0.906 bits per heavy atom. The summed E-state index contributed by atoms with van der Waals surface area (Å²) in [5.74, 6) is 1.23. The molecule has 0 fully saturated rings. The maximum atomic E-state index is 12.8. The largest absolute Gasteiger partial charge is 0.493 e. The van der Waals surface area contributed by atoms with Crippen molar-refractivity contribution in [2.75, 3.05) is 21.3 Å². The predicted octanol–water partition coefficient (Wildman–Crippen LogP) is 5.11. The van der Waals surface area contributed by atoms with Crippen LogP contribution < -0.4 is 20.1 Å². The van der Waals surface area contributed by atoms with E-state index in [0.29, 0.717) is 16.5 Å². The summed E-state index contributed by atoms with van der Waals surface area (Å²) < 4.78 is 10.9. The number of amides is 1. The number of hydrogen-bond acceptors (Lipinski definition) is 4. The molecule has 0 saturated carbocycles. The Hall–Kier alpha value is -3.02. The molecule has 1 unspecified atom stereocenters. The Morgan fingerprint density at radius 2 is 1.59 bits per heavy atom. The van der Waals surface area contributed by atoms with Crippen molar-refractivity contribution < 1.29 is 14.3 Å². The number of likely N-dealkylation sites (N-methyl/N-ethyl adjacent to an activating group) is 1. The molecule has 32 heavy (non-hydrogen) atoms. The van der Waals surface area contributed by atoms with Crippen LogP contribution >= 0.6 is 11.6 Å². The van der Waals surface area contributed by atoms with Crippen LogP contribution in [0.5, 0.6) is 11.5 Å². The fraction of sp³-hybridized carbons (Fsp3) is 0.269. The number of nitrogens with one attached hydrogen (secondary N) is 2. The van der Waals surface area contributed by atoms with Crippen LogP contribution in [0.3, 0.4) is 0 Å². The van der Waals surface area contributed by atoms with E-state index in [-0.39, 0.29) is 11.9 Å². The molecule has 3 aromatic rings. The van der Waals surface area contributed by atoms with Gasteiger partial charge in [-0.05, 0) is 53.8 Å². The third kappa shape index (κ3) is 6.02. The summed E-state index contributed by atoms with van der Waals surface area (Å²) in [6.07, 6.45) is 1.59. The van der Waals surface area contributed by atoms with Crippen molar-refractivity contribution in [1.29, 1.82) is 0 Å². The molecule has 168 valence electrons. The lowest BCUT2D eigenvalue weighted by Gasteiger charge is -2.26. The van der Waals surface area contributed by atoms with Crippen molar-refractivity contribution in [2.24, 2.45) is 0 Å². The van der Waals surface area contributed by atoms with Crippen LogP contribution in [0.25, 0.3) is 0 Å². The van der Waals surface area contributed by atoms with E-state index in [4.69, 9.17) is 21.1 Å². The highest BCUT2D eigenvalue weighted by molar-refractivity contribution is 6.30. The van der Waals surface area contributed by atoms with Gasteiger partial charge in [-0.25, -0.2) is 0 Å². The van der Waals surface area contributed by atoms with Gasteiger partial charge in [0.15, 0.2) is 11.5 Å². The first-order valence-electron chi connectivity index (χ1n) is 10.5. The standard InChI is InChI=1S/C26H29ClN2O3/c1-28-26(30)25(19-7-5-4-6-8-19)29-22(15-11-18-9-13-21(27)14-10-18)20-12-16-23(31-2)24(17-20)32-3/h4-10,12-14,16-17,22,25,29H,11,15H2,1-3H3,(H,28,30)/t22?,25-/m0/s1. The molecule has 0 aromatic heterocycles. The first-order valence-corrected chi connectivity index (χ1v) is 10.9. The van der Waals surface area contributed by atoms with Crippen LogP contribution in [0.2, 0.25) is 5.02 Å². The lowest BCUT2D eigenvalue weighted by Crippen LogP contribution is -2.38. The number of aryl methyl sites for hydroxylation is 1. The van der Waals surface area contributed by atoms with E-state index in [1.807, 2.05) is 72.8 Å². The summed E-state index contributed by atoms with van der Waals surface area (Å²) in [6.45, 7) is 0. The van der Waals surface area contributed by atoms with Crippen LogP contribution in [-0.4, -0.2) is 27.2 Å². The zero-order chi connectivity index (χ0) is 22.9. The van der Waals surface area contributed by atoms with Gasteiger partial charge in [0.2, 0.25) is 5.91 Å². The molecular formula is C26H29ClN2O3. The monoisotopic (exact) mass is 452 g/mol. The van der Waals surface area contributed by atoms with Gasteiger partial charge in [-0.1, -0.05) is 60.1 Å². The number of rotatable bonds is 10. The molecule has 5 nitrogen and oxygen atoms in total. The fourth-order valence-corrected chi connectivity index (χ4v) is 3.82. The highest BCUT2D eigenvalue weighted by atomic mass is 35.5. The fourth-order valence-electron chi connectivity index (χ4n) is 3.69. The molecule has 6 heteroatoms. The van der Waals surface area contributed by atoms with E-state index in [1.165, 1.54) is 5.56 Å². The van der Waals surface area contributed by atoms with Gasteiger partial charge in [-0.15, -0.1) is 0 Å².